The lowest BCUT2D eigenvalue weighted by molar-refractivity contribution is 0.196. The molecule has 1 aliphatic carbocycles. The fraction of sp³-hybridized carbons (Fsp3) is 1.00. The molecule has 0 aliphatic heterocycles. The Morgan fingerprint density at radius 2 is 1.79 bits per heavy atom. The van der Waals surface area contributed by atoms with Crippen LogP contribution in [-0.4, -0.2) is 23.3 Å². The second-order valence-corrected chi connectivity index (χ2v) is 5.46. The van der Waals surface area contributed by atoms with Gasteiger partial charge in [-0.15, -0.1) is 0 Å². The molecule has 14 heavy (non-hydrogen) atoms. The lowest BCUT2D eigenvalue weighted by atomic mass is 9.86. The second-order valence-electron chi connectivity index (χ2n) is 5.46. The van der Waals surface area contributed by atoms with Gasteiger partial charge < -0.3 is 10.4 Å². The van der Waals surface area contributed by atoms with Crippen LogP contribution < -0.4 is 5.32 Å². The fourth-order valence-corrected chi connectivity index (χ4v) is 2.31. The SMILES string of the molecule is CC1CCC(NC(C)(C)CCO)CC1. The predicted molar refractivity (Wildman–Crippen MR) is 60.3 cm³/mol. The Bertz CT molecular complexity index is 160. The van der Waals surface area contributed by atoms with E-state index in [1.807, 2.05) is 0 Å². The van der Waals surface area contributed by atoms with Gasteiger partial charge in [0.25, 0.3) is 0 Å². The third kappa shape index (κ3) is 3.97. The topological polar surface area (TPSA) is 32.3 Å². The maximum atomic E-state index is 8.93. The molecule has 0 amide bonds. The van der Waals surface area contributed by atoms with Gasteiger partial charge >= 0.3 is 0 Å². The first-order valence-corrected chi connectivity index (χ1v) is 5.92. The van der Waals surface area contributed by atoms with Gasteiger partial charge in [0.1, 0.15) is 0 Å². The van der Waals surface area contributed by atoms with E-state index in [1.54, 1.807) is 0 Å². The Labute approximate surface area is 88.1 Å². The van der Waals surface area contributed by atoms with Crippen LogP contribution in [0.4, 0.5) is 0 Å². The minimum Gasteiger partial charge on any atom is -0.396 e. The smallest absolute Gasteiger partial charge is 0.0448 e. The number of aliphatic hydroxyl groups is 1. The summed E-state index contributed by atoms with van der Waals surface area (Å²) in [5.74, 6) is 0.911. The van der Waals surface area contributed by atoms with Gasteiger partial charge in [0.15, 0.2) is 0 Å². The molecule has 84 valence electrons. The number of aliphatic hydroxyl groups excluding tert-OH is 1. The Hall–Kier alpha value is -0.0800. The van der Waals surface area contributed by atoms with E-state index in [9.17, 15) is 0 Å². The van der Waals surface area contributed by atoms with Gasteiger partial charge in [0.05, 0.1) is 0 Å². The maximum absolute atomic E-state index is 8.93. The monoisotopic (exact) mass is 199 g/mol. The molecule has 0 heterocycles. The molecule has 0 aromatic rings. The lowest BCUT2D eigenvalue weighted by Crippen LogP contribution is -2.47. The molecule has 0 bridgehead atoms. The minimum atomic E-state index is 0.0972. The number of hydrogen-bond acceptors (Lipinski definition) is 2. The van der Waals surface area contributed by atoms with Crippen molar-refractivity contribution in [2.75, 3.05) is 6.61 Å². The predicted octanol–water partition coefficient (Wildman–Crippen LogP) is 2.32. The molecule has 0 aromatic carbocycles. The summed E-state index contributed by atoms with van der Waals surface area (Å²) in [6.45, 7) is 6.99. The van der Waals surface area contributed by atoms with Crippen LogP contribution in [0.25, 0.3) is 0 Å². The van der Waals surface area contributed by atoms with Gasteiger partial charge in [-0.25, -0.2) is 0 Å². The summed E-state index contributed by atoms with van der Waals surface area (Å²) >= 11 is 0. The zero-order valence-electron chi connectivity index (χ0n) is 9.84. The van der Waals surface area contributed by atoms with Crippen LogP contribution in [0.2, 0.25) is 0 Å². The van der Waals surface area contributed by atoms with Crippen molar-refractivity contribution in [2.24, 2.45) is 5.92 Å². The van der Waals surface area contributed by atoms with Crippen molar-refractivity contribution in [1.29, 1.82) is 0 Å². The molecule has 0 unspecified atom stereocenters. The van der Waals surface area contributed by atoms with Crippen molar-refractivity contribution in [3.05, 3.63) is 0 Å². The first-order chi connectivity index (χ1) is 6.53. The van der Waals surface area contributed by atoms with E-state index in [2.05, 4.69) is 26.1 Å². The summed E-state index contributed by atoms with van der Waals surface area (Å²) in [4.78, 5) is 0. The quantitative estimate of drug-likeness (QED) is 0.728. The Balaban J connectivity index is 2.29. The van der Waals surface area contributed by atoms with Crippen molar-refractivity contribution >= 4 is 0 Å². The van der Waals surface area contributed by atoms with Crippen LogP contribution in [-0.2, 0) is 0 Å². The molecule has 0 aromatic heterocycles. The number of hydrogen-bond donors (Lipinski definition) is 2. The molecule has 1 fully saturated rings. The van der Waals surface area contributed by atoms with Crippen molar-refractivity contribution in [2.45, 2.75) is 64.5 Å². The van der Waals surface area contributed by atoms with Crippen LogP contribution in [0, 0.1) is 5.92 Å². The summed E-state index contributed by atoms with van der Waals surface area (Å²) in [5, 5.41) is 12.6. The van der Waals surface area contributed by atoms with E-state index in [0.29, 0.717) is 6.04 Å². The van der Waals surface area contributed by atoms with Crippen LogP contribution in [0.15, 0.2) is 0 Å². The number of nitrogens with one attached hydrogen (secondary N) is 1. The van der Waals surface area contributed by atoms with Gasteiger partial charge in [0, 0.05) is 18.2 Å². The molecular weight excluding hydrogens is 174 g/mol. The molecule has 0 atom stereocenters. The minimum absolute atomic E-state index is 0.0972. The average Bonchev–Trinajstić information content (AvgIpc) is 2.08. The van der Waals surface area contributed by atoms with Crippen LogP contribution in [0.1, 0.15) is 52.9 Å². The van der Waals surface area contributed by atoms with E-state index in [4.69, 9.17) is 5.11 Å². The van der Waals surface area contributed by atoms with E-state index in [-0.39, 0.29) is 12.1 Å². The van der Waals surface area contributed by atoms with Gasteiger partial charge in [-0.05, 0) is 51.9 Å². The maximum Gasteiger partial charge on any atom is 0.0448 e. The van der Waals surface area contributed by atoms with E-state index < -0.39 is 0 Å². The fourth-order valence-electron chi connectivity index (χ4n) is 2.31. The molecule has 1 rings (SSSR count). The van der Waals surface area contributed by atoms with Crippen molar-refractivity contribution < 1.29 is 5.11 Å². The highest BCUT2D eigenvalue weighted by atomic mass is 16.3. The van der Waals surface area contributed by atoms with Crippen LogP contribution in [0.5, 0.6) is 0 Å². The van der Waals surface area contributed by atoms with Gasteiger partial charge in [-0.1, -0.05) is 6.92 Å². The Morgan fingerprint density at radius 1 is 1.21 bits per heavy atom. The summed E-state index contributed by atoms with van der Waals surface area (Å²) in [5.41, 5.74) is 0.0972. The molecule has 1 saturated carbocycles. The summed E-state index contributed by atoms with van der Waals surface area (Å²) < 4.78 is 0. The van der Waals surface area contributed by atoms with Crippen LogP contribution >= 0.6 is 0 Å². The highest BCUT2D eigenvalue weighted by Crippen LogP contribution is 2.25. The Morgan fingerprint density at radius 3 is 2.29 bits per heavy atom. The zero-order chi connectivity index (χ0) is 10.6. The molecular formula is C12H25NO. The second kappa shape index (κ2) is 5.13. The molecule has 0 spiro atoms. The number of rotatable bonds is 4. The van der Waals surface area contributed by atoms with Crippen LogP contribution in [0.3, 0.4) is 0 Å². The summed E-state index contributed by atoms with van der Waals surface area (Å²) in [6.07, 6.45) is 6.16. The van der Waals surface area contributed by atoms with Crippen molar-refractivity contribution in [3.63, 3.8) is 0 Å². The Kier molecular flexibility index (Phi) is 4.39. The molecule has 2 heteroatoms. The summed E-state index contributed by atoms with van der Waals surface area (Å²) in [6, 6.07) is 0.674. The van der Waals surface area contributed by atoms with E-state index in [1.165, 1.54) is 25.7 Å². The first-order valence-electron chi connectivity index (χ1n) is 5.92. The average molecular weight is 199 g/mol. The van der Waals surface area contributed by atoms with Gasteiger partial charge in [0.2, 0.25) is 0 Å². The molecule has 2 N–H and O–H groups in total. The van der Waals surface area contributed by atoms with Gasteiger partial charge in [-0.3, -0.25) is 0 Å². The third-order valence-corrected chi connectivity index (χ3v) is 3.35. The van der Waals surface area contributed by atoms with E-state index >= 15 is 0 Å². The summed E-state index contributed by atoms with van der Waals surface area (Å²) in [7, 11) is 0. The zero-order valence-corrected chi connectivity index (χ0v) is 9.84. The standard InChI is InChI=1S/C12H25NO/c1-10-4-6-11(7-5-10)13-12(2,3)8-9-14/h10-11,13-14H,4-9H2,1-3H3. The highest BCUT2D eigenvalue weighted by molar-refractivity contribution is 4.84. The molecule has 0 saturated heterocycles. The first kappa shape index (κ1) is 12.0. The third-order valence-electron chi connectivity index (χ3n) is 3.35. The van der Waals surface area contributed by atoms with E-state index in [0.717, 1.165) is 12.3 Å². The van der Waals surface area contributed by atoms with Crippen molar-refractivity contribution in [3.8, 4) is 0 Å². The highest BCUT2D eigenvalue weighted by Gasteiger charge is 2.24. The largest absolute Gasteiger partial charge is 0.396 e. The normalized spacial score (nSPS) is 29.1. The molecule has 1 aliphatic rings. The molecule has 2 nitrogen and oxygen atoms in total. The van der Waals surface area contributed by atoms with Crippen molar-refractivity contribution in [1.82, 2.24) is 5.32 Å². The lowest BCUT2D eigenvalue weighted by Gasteiger charge is -2.35. The van der Waals surface area contributed by atoms with Gasteiger partial charge in [-0.2, -0.15) is 0 Å². The molecule has 0 radical (unpaired) electrons.